The van der Waals surface area contributed by atoms with Gasteiger partial charge in [0.25, 0.3) is 0 Å². The van der Waals surface area contributed by atoms with Crippen LogP contribution in [0.3, 0.4) is 0 Å². The van der Waals surface area contributed by atoms with Crippen molar-refractivity contribution in [2.75, 3.05) is 6.54 Å². The summed E-state index contributed by atoms with van der Waals surface area (Å²) in [6.07, 6.45) is 0.827. The smallest absolute Gasteiger partial charge is 0.212 e. The van der Waals surface area contributed by atoms with Gasteiger partial charge in [0.15, 0.2) is 0 Å². The molecule has 1 aromatic heterocycles. The number of hydrogen-bond acceptors (Lipinski definition) is 5. The van der Waals surface area contributed by atoms with Gasteiger partial charge in [-0.2, -0.15) is 0 Å². The first-order valence-corrected chi connectivity index (χ1v) is 7.44. The molecule has 0 atom stereocenters. The summed E-state index contributed by atoms with van der Waals surface area (Å²) < 4.78 is 5.55. The Morgan fingerprint density at radius 1 is 1.35 bits per heavy atom. The third kappa shape index (κ3) is 3.65. The highest BCUT2D eigenvalue weighted by Crippen LogP contribution is 2.18. The lowest BCUT2D eigenvalue weighted by Crippen LogP contribution is -2.07. The molecule has 0 saturated carbocycles. The molecule has 0 radical (unpaired) electrons. The largest absolute Gasteiger partial charge is 0.491 e. The van der Waals surface area contributed by atoms with Crippen LogP contribution in [0.15, 0.2) is 29.6 Å². The fraction of sp³-hybridized carbons (Fsp3) is 0.333. The third-order valence-electron chi connectivity index (χ3n) is 2.63. The van der Waals surface area contributed by atoms with E-state index in [0.717, 1.165) is 10.8 Å². The van der Waals surface area contributed by atoms with Gasteiger partial charge in [-0.3, -0.25) is 4.79 Å². The average Bonchev–Trinajstić information content (AvgIpc) is 2.87. The Labute approximate surface area is 122 Å². The van der Waals surface area contributed by atoms with Gasteiger partial charge in [-0.05, 0) is 44.7 Å². The molecular formula is C15H18N2O2S. The van der Waals surface area contributed by atoms with Crippen LogP contribution in [-0.2, 0) is 6.42 Å². The van der Waals surface area contributed by atoms with Crippen molar-refractivity contribution in [3.8, 4) is 5.75 Å². The number of ketones is 1. The number of carbonyl (C=O) groups excluding carboxylic acids is 1. The van der Waals surface area contributed by atoms with Crippen LogP contribution in [0.2, 0.25) is 0 Å². The van der Waals surface area contributed by atoms with E-state index in [1.165, 1.54) is 11.3 Å². The van der Waals surface area contributed by atoms with Gasteiger partial charge in [-0.15, -0.1) is 11.3 Å². The van der Waals surface area contributed by atoms with E-state index in [1.807, 2.05) is 13.8 Å². The summed E-state index contributed by atoms with van der Waals surface area (Å²) >= 11 is 1.47. The van der Waals surface area contributed by atoms with Crippen LogP contribution in [0.4, 0.5) is 0 Å². The van der Waals surface area contributed by atoms with Crippen LogP contribution in [0.25, 0.3) is 0 Å². The second kappa shape index (κ2) is 6.63. The summed E-state index contributed by atoms with van der Waals surface area (Å²) in [5.74, 6) is 0.694. The van der Waals surface area contributed by atoms with Crippen LogP contribution in [0.5, 0.6) is 5.75 Å². The molecule has 0 unspecified atom stereocenters. The second-order valence-corrected chi connectivity index (χ2v) is 5.63. The zero-order valence-electron chi connectivity index (χ0n) is 11.6. The van der Waals surface area contributed by atoms with E-state index in [4.69, 9.17) is 10.5 Å². The summed E-state index contributed by atoms with van der Waals surface area (Å²) in [6.45, 7) is 4.48. The van der Waals surface area contributed by atoms with Gasteiger partial charge in [0.2, 0.25) is 5.78 Å². The maximum atomic E-state index is 12.3. The first-order chi connectivity index (χ1) is 9.60. The van der Waals surface area contributed by atoms with Gasteiger partial charge in [0, 0.05) is 17.4 Å². The maximum absolute atomic E-state index is 12.3. The minimum atomic E-state index is -0.0689. The lowest BCUT2D eigenvalue weighted by atomic mass is 10.1. The number of benzene rings is 1. The highest BCUT2D eigenvalue weighted by atomic mass is 32.1. The van der Waals surface area contributed by atoms with E-state index in [1.54, 1.807) is 29.6 Å². The fourth-order valence-corrected chi connectivity index (χ4v) is 2.55. The topological polar surface area (TPSA) is 65.2 Å². The highest BCUT2D eigenvalue weighted by Gasteiger charge is 2.13. The number of thiazole rings is 1. The minimum Gasteiger partial charge on any atom is -0.491 e. The van der Waals surface area contributed by atoms with Crippen molar-refractivity contribution < 1.29 is 9.53 Å². The maximum Gasteiger partial charge on any atom is 0.212 e. The first-order valence-electron chi connectivity index (χ1n) is 6.56. The number of ether oxygens (including phenoxy) is 1. The first kappa shape index (κ1) is 14.7. The van der Waals surface area contributed by atoms with E-state index in [9.17, 15) is 4.79 Å². The number of nitrogens with zero attached hydrogens (tertiary/aromatic N) is 1. The molecule has 106 valence electrons. The van der Waals surface area contributed by atoms with Crippen molar-refractivity contribution in [3.05, 3.63) is 45.9 Å². The molecule has 0 saturated heterocycles. The van der Waals surface area contributed by atoms with E-state index in [2.05, 4.69) is 4.98 Å². The van der Waals surface area contributed by atoms with E-state index in [-0.39, 0.29) is 11.9 Å². The fourth-order valence-electron chi connectivity index (χ4n) is 1.76. The number of nitrogens with two attached hydrogens (primary N) is 1. The van der Waals surface area contributed by atoms with Gasteiger partial charge < -0.3 is 10.5 Å². The highest BCUT2D eigenvalue weighted by molar-refractivity contribution is 7.09. The molecule has 0 aliphatic carbocycles. The molecule has 0 fully saturated rings. The molecule has 0 amide bonds. The van der Waals surface area contributed by atoms with Crippen LogP contribution in [0.1, 0.15) is 34.9 Å². The zero-order valence-corrected chi connectivity index (χ0v) is 12.4. The minimum absolute atomic E-state index is 0.0689. The van der Waals surface area contributed by atoms with Crippen molar-refractivity contribution in [2.24, 2.45) is 5.73 Å². The number of carbonyl (C=O) groups is 1. The van der Waals surface area contributed by atoms with Crippen LogP contribution < -0.4 is 10.5 Å². The molecule has 0 aliphatic rings. The third-order valence-corrected chi connectivity index (χ3v) is 3.54. The van der Waals surface area contributed by atoms with Gasteiger partial charge in [0.05, 0.1) is 11.1 Å². The molecule has 2 N–H and O–H groups in total. The molecule has 0 bridgehead atoms. The number of aromatic nitrogens is 1. The summed E-state index contributed by atoms with van der Waals surface area (Å²) in [6, 6.07) is 7.14. The van der Waals surface area contributed by atoms with E-state index in [0.29, 0.717) is 24.2 Å². The molecule has 1 aromatic carbocycles. The quantitative estimate of drug-likeness (QED) is 0.831. The van der Waals surface area contributed by atoms with Crippen molar-refractivity contribution in [1.29, 1.82) is 0 Å². The monoisotopic (exact) mass is 290 g/mol. The molecule has 20 heavy (non-hydrogen) atoms. The molecule has 0 aliphatic heterocycles. The van der Waals surface area contributed by atoms with Crippen LogP contribution in [-0.4, -0.2) is 23.4 Å². The summed E-state index contributed by atoms with van der Waals surface area (Å²) in [5, 5.41) is 2.68. The van der Waals surface area contributed by atoms with Crippen LogP contribution >= 0.6 is 11.3 Å². The van der Waals surface area contributed by atoms with Crippen molar-refractivity contribution in [2.45, 2.75) is 26.4 Å². The molecule has 1 heterocycles. The molecule has 2 aromatic rings. The number of rotatable bonds is 6. The van der Waals surface area contributed by atoms with Crippen molar-refractivity contribution in [3.63, 3.8) is 0 Å². The van der Waals surface area contributed by atoms with E-state index >= 15 is 0 Å². The van der Waals surface area contributed by atoms with Crippen LogP contribution in [0, 0.1) is 0 Å². The van der Waals surface area contributed by atoms with Crippen molar-refractivity contribution >= 4 is 17.1 Å². The standard InChI is InChI=1S/C15H18N2O2S/c1-10(2)19-12-5-3-11(4-6-12)15(18)13-9-20-14(17-13)7-8-16/h3-6,9-10H,7-8,16H2,1-2H3. The number of hydrogen-bond donors (Lipinski definition) is 1. The van der Waals surface area contributed by atoms with Gasteiger partial charge in [0.1, 0.15) is 11.4 Å². The molecule has 0 spiro atoms. The molecule has 5 heteroatoms. The Bertz CT molecular complexity index is 576. The lowest BCUT2D eigenvalue weighted by Gasteiger charge is -2.09. The van der Waals surface area contributed by atoms with Crippen molar-refractivity contribution in [1.82, 2.24) is 4.98 Å². The van der Waals surface area contributed by atoms with E-state index < -0.39 is 0 Å². The zero-order chi connectivity index (χ0) is 14.5. The SMILES string of the molecule is CC(C)Oc1ccc(C(=O)c2csc(CCN)n2)cc1. The lowest BCUT2D eigenvalue weighted by molar-refractivity contribution is 0.103. The Kier molecular flexibility index (Phi) is 4.87. The van der Waals surface area contributed by atoms with Gasteiger partial charge in [-0.25, -0.2) is 4.98 Å². The predicted octanol–water partition coefficient (Wildman–Crippen LogP) is 2.66. The Morgan fingerprint density at radius 3 is 2.65 bits per heavy atom. The summed E-state index contributed by atoms with van der Waals surface area (Å²) in [7, 11) is 0. The normalized spacial score (nSPS) is 10.8. The summed E-state index contributed by atoms with van der Waals surface area (Å²) in [5.41, 5.74) is 6.58. The van der Waals surface area contributed by atoms with Gasteiger partial charge in [-0.1, -0.05) is 0 Å². The van der Waals surface area contributed by atoms with Gasteiger partial charge >= 0.3 is 0 Å². The molecule has 2 rings (SSSR count). The predicted molar refractivity (Wildman–Crippen MR) is 80.5 cm³/mol. The Morgan fingerprint density at radius 2 is 2.05 bits per heavy atom. The molecule has 4 nitrogen and oxygen atoms in total. The Balaban J connectivity index is 2.11. The second-order valence-electron chi connectivity index (χ2n) is 4.69. The summed E-state index contributed by atoms with van der Waals surface area (Å²) in [4.78, 5) is 16.6. The molecular weight excluding hydrogens is 272 g/mol. The average molecular weight is 290 g/mol. The Hall–Kier alpha value is -1.72.